The molecule has 0 saturated carbocycles. The van der Waals surface area contributed by atoms with Crippen molar-refractivity contribution in [3.05, 3.63) is 100 Å². The first-order chi connectivity index (χ1) is 15.4. The Kier molecular flexibility index (Phi) is 6.06. The SMILES string of the molecule is COc1ccc(C(NC(=O)c2cc(C)n(-c3cccc(Cl)c3)c2C)c2nccn2C)cc1. The molecule has 0 fully saturated rings. The van der Waals surface area contributed by atoms with E-state index in [1.165, 1.54) is 0 Å². The number of imidazole rings is 1. The molecule has 4 aromatic rings. The highest BCUT2D eigenvalue weighted by molar-refractivity contribution is 6.30. The number of nitrogens with zero attached hydrogens (tertiary/aromatic N) is 3. The third-order valence-electron chi connectivity index (χ3n) is 5.58. The van der Waals surface area contributed by atoms with Gasteiger partial charge in [0, 0.05) is 41.5 Å². The maximum atomic E-state index is 13.4. The molecule has 0 saturated heterocycles. The summed E-state index contributed by atoms with van der Waals surface area (Å²) in [5.74, 6) is 1.33. The summed E-state index contributed by atoms with van der Waals surface area (Å²) >= 11 is 6.19. The van der Waals surface area contributed by atoms with E-state index in [0.29, 0.717) is 10.6 Å². The fourth-order valence-corrected chi connectivity index (χ4v) is 4.15. The number of aromatic nitrogens is 3. The van der Waals surface area contributed by atoms with Gasteiger partial charge in [-0.1, -0.05) is 29.8 Å². The van der Waals surface area contributed by atoms with E-state index in [0.717, 1.165) is 34.2 Å². The number of ether oxygens (including phenoxy) is 1. The van der Waals surface area contributed by atoms with Crippen LogP contribution in [-0.4, -0.2) is 27.1 Å². The van der Waals surface area contributed by atoms with Crippen molar-refractivity contribution >= 4 is 17.5 Å². The van der Waals surface area contributed by atoms with Gasteiger partial charge in [0.2, 0.25) is 0 Å². The fraction of sp³-hybridized carbons (Fsp3) is 0.200. The summed E-state index contributed by atoms with van der Waals surface area (Å²) in [6, 6.07) is 16.7. The summed E-state index contributed by atoms with van der Waals surface area (Å²) in [6.45, 7) is 3.91. The highest BCUT2D eigenvalue weighted by atomic mass is 35.5. The van der Waals surface area contributed by atoms with E-state index in [1.54, 1.807) is 13.3 Å². The molecule has 1 unspecified atom stereocenters. The van der Waals surface area contributed by atoms with E-state index in [4.69, 9.17) is 16.3 Å². The summed E-state index contributed by atoms with van der Waals surface area (Å²) in [6.07, 6.45) is 3.59. The van der Waals surface area contributed by atoms with Gasteiger partial charge in [0.15, 0.2) is 0 Å². The average molecular weight is 449 g/mol. The van der Waals surface area contributed by atoms with Crippen molar-refractivity contribution in [2.75, 3.05) is 7.11 Å². The molecule has 2 aromatic heterocycles. The van der Waals surface area contributed by atoms with Crippen LogP contribution in [0.25, 0.3) is 5.69 Å². The maximum absolute atomic E-state index is 13.4. The molecule has 0 aliphatic heterocycles. The van der Waals surface area contributed by atoms with Gasteiger partial charge in [0.1, 0.15) is 17.6 Å². The summed E-state index contributed by atoms with van der Waals surface area (Å²) in [4.78, 5) is 17.9. The summed E-state index contributed by atoms with van der Waals surface area (Å²) in [7, 11) is 3.54. The van der Waals surface area contributed by atoms with E-state index < -0.39 is 6.04 Å². The summed E-state index contributed by atoms with van der Waals surface area (Å²) < 4.78 is 9.21. The van der Waals surface area contributed by atoms with Crippen LogP contribution in [0.2, 0.25) is 5.02 Å². The number of benzene rings is 2. The lowest BCUT2D eigenvalue weighted by Gasteiger charge is -2.19. The molecule has 0 aliphatic carbocycles. The van der Waals surface area contributed by atoms with Crippen LogP contribution in [0.4, 0.5) is 0 Å². The standard InChI is InChI=1S/C25H25ClN4O2/c1-16-14-22(17(2)30(16)20-7-5-6-19(26)15-20)25(31)28-23(24-27-12-13-29(24)3)18-8-10-21(32-4)11-9-18/h5-15,23H,1-4H3,(H,28,31). The van der Waals surface area contributed by atoms with Gasteiger partial charge >= 0.3 is 0 Å². The number of amides is 1. The fourth-order valence-electron chi connectivity index (χ4n) is 3.96. The Bertz CT molecular complexity index is 1260. The lowest BCUT2D eigenvalue weighted by Crippen LogP contribution is -2.31. The molecule has 4 rings (SSSR count). The van der Waals surface area contributed by atoms with Gasteiger partial charge in [-0.05, 0) is 55.8 Å². The number of methoxy groups -OCH3 is 1. The molecule has 2 heterocycles. The van der Waals surface area contributed by atoms with Crippen molar-refractivity contribution in [2.24, 2.45) is 7.05 Å². The van der Waals surface area contributed by atoms with Gasteiger partial charge in [-0.3, -0.25) is 4.79 Å². The predicted octanol–water partition coefficient (Wildman–Crippen LogP) is 5.01. The van der Waals surface area contributed by atoms with Crippen molar-refractivity contribution in [3.63, 3.8) is 0 Å². The lowest BCUT2D eigenvalue weighted by molar-refractivity contribution is 0.0940. The van der Waals surface area contributed by atoms with E-state index in [1.807, 2.05) is 90.8 Å². The quantitative estimate of drug-likeness (QED) is 0.451. The molecule has 1 amide bonds. The second kappa shape index (κ2) is 8.93. The smallest absolute Gasteiger partial charge is 0.253 e. The Morgan fingerprint density at radius 3 is 2.50 bits per heavy atom. The minimum absolute atomic E-state index is 0.171. The van der Waals surface area contributed by atoms with Crippen molar-refractivity contribution in [1.29, 1.82) is 0 Å². The summed E-state index contributed by atoms with van der Waals surface area (Å²) in [5.41, 5.74) is 4.23. The number of nitrogens with one attached hydrogen (secondary N) is 1. The molecule has 2 aromatic carbocycles. The lowest BCUT2D eigenvalue weighted by atomic mass is 10.0. The van der Waals surface area contributed by atoms with E-state index in [2.05, 4.69) is 10.3 Å². The molecular formula is C25H25ClN4O2. The number of hydrogen-bond acceptors (Lipinski definition) is 3. The first-order valence-corrected chi connectivity index (χ1v) is 10.6. The van der Waals surface area contributed by atoms with Gasteiger partial charge in [0.05, 0.1) is 12.7 Å². The first kappa shape index (κ1) is 21.7. The third-order valence-corrected chi connectivity index (χ3v) is 5.82. The average Bonchev–Trinajstić information content (AvgIpc) is 3.34. The number of halogens is 1. The van der Waals surface area contributed by atoms with Crippen LogP contribution in [0.15, 0.2) is 67.0 Å². The number of carbonyl (C=O) groups is 1. The van der Waals surface area contributed by atoms with Crippen molar-refractivity contribution < 1.29 is 9.53 Å². The predicted molar refractivity (Wildman–Crippen MR) is 126 cm³/mol. The normalized spacial score (nSPS) is 11.9. The van der Waals surface area contributed by atoms with Gasteiger partial charge in [-0.25, -0.2) is 4.98 Å². The molecule has 0 radical (unpaired) electrons. The van der Waals surface area contributed by atoms with Crippen molar-refractivity contribution in [3.8, 4) is 11.4 Å². The zero-order chi connectivity index (χ0) is 22.8. The van der Waals surface area contributed by atoms with Crippen LogP contribution >= 0.6 is 11.6 Å². The van der Waals surface area contributed by atoms with Gasteiger partial charge in [-0.15, -0.1) is 0 Å². The van der Waals surface area contributed by atoms with Gasteiger partial charge in [0.25, 0.3) is 5.91 Å². The molecule has 6 nitrogen and oxygen atoms in total. The zero-order valence-corrected chi connectivity index (χ0v) is 19.2. The largest absolute Gasteiger partial charge is 0.497 e. The minimum Gasteiger partial charge on any atom is -0.497 e. The molecular weight excluding hydrogens is 424 g/mol. The van der Waals surface area contributed by atoms with Crippen LogP contribution < -0.4 is 10.1 Å². The number of carbonyl (C=O) groups excluding carboxylic acids is 1. The molecule has 0 spiro atoms. The topological polar surface area (TPSA) is 61.1 Å². The highest BCUT2D eigenvalue weighted by Crippen LogP contribution is 2.26. The van der Waals surface area contributed by atoms with Gasteiger partial charge in [-0.2, -0.15) is 0 Å². The molecule has 164 valence electrons. The molecule has 1 N–H and O–H groups in total. The van der Waals surface area contributed by atoms with E-state index in [-0.39, 0.29) is 5.91 Å². The Morgan fingerprint density at radius 1 is 1.12 bits per heavy atom. The molecule has 0 aliphatic rings. The van der Waals surface area contributed by atoms with Crippen molar-refractivity contribution in [1.82, 2.24) is 19.4 Å². The van der Waals surface area contributed by atoms with Crippen LogP contribution in [0.1, 0.15) is 39.2 Å². The summed E-state index contributed by atoms with van der Waals surface area (Å²) in [5, 5.41) is 3.82. The van der Waals surface area contributed by atoms with Crippen LogP contribution in [0, 0.1) is 13.8 Å². The zero-order valence-electron chi connectivity index (χ0n) is 18.5. The first-order valence-electron chi connectivity index (χ1n) is 10.3. The van der Waals surface area contributed by atoms with E-state index in [9.17, 15) is 4.79 Å². The van der Waals surface area contributed by atoms with Crippen LogP contribution in [0.3, 0.4) is 0 Å². The monoisotopic (exact) mass is 448 g/mol. The molecule has 32 heavy (non-hydrogen) atoms. The van der Waals surface area contributed by atoms with Crippen LogP contribution in [0.5, 0.6) is 5.75 Å². The number of hydrogen-bond donors (Lipinski definition) is 1. The Labute approximate surface area is 192 Å². The molecule has 0 bridgehead atoms. The van der Waals surface area contributed by atoms with E-state index >= 15 is 0 Å². The highest BCUT2D eigenvalue weighted by Gasteiger charge is 2.24. The maximum Gasteiger partial charge on any atom is 0.253 e. The molecule has 1 atom stereocenters. The third kappa shape index (κ3) is 4.14. The van der Waals surface area contributed by atoms with Crippen LogP contribution in [-0.2, 0) is 7.05 Å². The Balaban J connectivity index is 1.70. The Morgan fingerprint density at radius 2 is 1.88 bits per heavy atom. The molecule has 7 heteroatoms. The van der Waals surface area contributed by atoms with Crippen molar-refractivity contribution in [2.45, 2.75) is 19.9 Å². The number of aryl methyl sites for hydroxylation is 2. The second-order valence-electron chi connectivity index (χ2n) is 7.68. The Hall–Kier alpha value is -3.51. The number of rotatable bonds is 6. The van der Waals surface area contributed by atoms with Gasteiger partial charge < -0.3 is 19.2 Å². The minimum atomic E-state index is -0.414. The second-order valence-corrected chi connectivity index (χ2v) is 8.11.